The molecular weight excluding hydrogens is 156 g/mol. The normalized spacial score (nSPS) is 12.0. The van der Waals surface area contributed by atoms with E-state index < -0.39 is 8.56 Å². The van der Waals surface area contributed by atoms with E-state index in [0.29, 0.717) is 0 Å². The van der Waals surface area contributed by atoms with Crippen LogP contribution >= 0.6 is 0 Å². The first-order valence-corrected chi connectivity index (χ1v) is 6.54. The van der Waals surface area contributed by atoms with Crippen LogP contribution in [0.5, 0.6) is 0 Å². The van der Waals surface area contributed by atoms with Crippen molar-refractivity contribution in [2.45, 2.75) is 32.9 Å². The minimum Gasteiger partial charge on any atom is -0.394 e. The zero-order valence-corrected chi connectivity index (χ0v) is 8.85. The van der Waals surface area contributed by atoms with Crippen molar-refractivity contribution in [2.75, 3.05) is 13.2 Å². The zero-order chi connectivity index (χ0) is 8.74. The average molecular weight is 175 g/mol. The maximum absolute atomic E-state index is 5.62. The second-order valence-electron chi connectivity index (χ2n) is 2.38. The first-order chi connectivity index (χ1) is 5.24. The summed E-state index contributed by atoms with van der Waals surface area (Å²) in [4.78, 5) is 0. The molecule has 1 radical (unpaired) electrons. The lowest BCUT2D eigenvalue weighted by atomic mass is 10.9. The summed E-state index contributed by atoms with van der Waals surface area (Å²) in [5, 5.41) is 0. The monoisotopic (exact) mass is 175 g/mol. The summed E-state index contributed by atoms with van der Waals surface area (Å²) in [6.07, 6.45) is 0. The Morgan fingerprint density at radius 3 is 1.73 bits per heavy atom. The van der Waals surface area contributed by atoms with Gasteiger partial charge in [0, 0.05) is 13.2 Å². The van der Waals surface area contributed by atoms with Crippen LogP contribution in [0.3, 0.4) is 0 Å². The van der Waals surface area contributed by atoms with Gasteiger partial charge in [-0.3, -0.25) is 0 Å². The highest BCUT2D eigenvalue weighted by Gasteiger charge is 2.32. The molecule has 0 N–H and O–H groups in total. The van der Waals surface area contributed by atoms with Crippen molar-refractivity contribution >= 4 is 8.56 Å². The minimum atomic E-state index is -1.85. The zero-order valence-electron chi connectivity index (χ0n) is 7.85. The number of hydrogen-bond donors (Lipinski definition) is 0. The molecule has 0 heterocycles. The second kappa shape index (κ2) is 5.74. The summed E-state index contributed by atoms with van der Waals surface area (Å²) in [6.45, 7) is 11.5. The summed E-state index contributed by atoms with van der Waals surface area (Å²) in [6, 6.07) is 1.81. The van der Waals surface area contributed by atoms with Gasteiger partial charge in [0.05, 0.1) is 0 Å². The van der Waals surface area contributed by atoms with E-state index in [-0.39, 0.29) is 0 Å². The van der Waals surface area contributed by atoms with Crippen molar-refractivity contribution in [3.8, 4) is 0 Å². The van der Waals surface area contributed by atoms with Crippen molar-refractivity contribution in [3.05, 3.63) is 6.92 Å². The molecule has 0 rings (SSSR count). The maximum atomic E-state index is 5.62. The molecule has 0 unspecified atom stereocenters. The molecule has 0 saturated heterocycles. The number of rotatable bonds is 6. The standard InChI is InChI=1S/C8H19O2Si/c1-5-9-11(7-3,8-4)10-6-2/h3,5-8H2,1-2,4H3. The minimum absolute atomic E-state index is 0.746. The van der Waals surface area contributed by atoms with Crippen molar-refractivity contribution in [2.24, 2.45) is 0 Å². The molecule has 0 aliphatic carbocycles. The quantitative estimate of drug-likeness (QED) is 0.577. The average Bonchev–Trinajstić information content (AvgIpc) is 2.04. The van der Waals surface area contributed by atoms with E-state index in [1.807, 2.05) is 13.8 Å². The third-order valence-electron chi connectivity index (χ3n) is 1.73. The molecule has 0 amide bonds. The van der Waals surface area contributed by atoms with Crippen LogP contribution in [0.1, 0.15) is 20.8 Å². The SMILES string of the molecule is [CH2]C[Si](CC)(OCC)OCC. The van der Waals surface area contributed by atoms with Crippen LogP contribution in [0.25, 0.3) is 0 Å². The Hall–Kier alpha value is 0.137. The summed E-state index contributed by atoms with van der Waals surface area (Å²) in [5.74, 6) is 0. The molecule has 0 bridgehead atoms. The van der Waals surface area contributed by atoms with Crippen molar-refractivity contribution in [1.29, 1.82) is 0 Å². The van der Waals surface area contributed by atoms with E-state index >= 15 is 0 Å². The summed E-state index contributed by atoms with van der Waals surface area (Å²) < 4.78 is 11.2. The van der Waals surface area contributed by atoms with Crippen molar-refractivity contribution < 1.29 is 8.85 Å². The summed E-state index contributed by atoms with van der Waals surface area (Å²) in [7, 11) is -1.85. The van der Waals surface area contributed by atoms with Gasteiger partial charge in [-0.2, -0.15) is 0 Å². The molecule has 0 saturated carbocycles. The van der Waals surface area contributed by atoms with E-state index in [9.17, 15) is 0 Å². The van der Waals surface area contributed by atoms with E-state index in [2.05, 4.69) is 13.8 Å². The fourth-order valence-electron chi connectivity index (χ4n) is 1.09. The first kappa shape index (κ1) is 11.1. The van der Waals surface area contributed by atoms with Crippen LogP contribution in [0.2, 0.25) is 12.1 Å². The lowest BCUT2D eigenvalue weighted by Crippen LogP contribution is -2.40. The van der Waals surface area contributed by atoms with Crippen molar-refractivity contribution in [3.63, 3.8) is 0 Å². The van der Waals surface area contributed by atoms with E-state index in [4.69, 9.17) is 8.85 Å². The fourth-order valence-corrected chi connectivity index (χ4v) is 3.28. The highest BCUT2D eigenvalue weighted by atomic mass is 28.4. The molecule has 67 valence electrons. The van der Waals surface area contributed by atoms with Crippen LogP contribution < -0.4 is 0 Å². The van der Waals surface area contributed by atoms with Crippen LogP contribution in [0, 0.1) is 6.92 Å². The third-order valence-corrected chi connectivity index (χ3v) is 5.20. The highest BCUT2D eigenvalue weighted by Crippen LogP contribution is 2.17. The van der Waals surface area contributed by atoms with Gasteiger partial charge >= 0.3 is 8.56 Å². The second-order valence-corrected chi connectivity index (χ2v) is 5.99. The Morgan fingerprint density at radius 2 is 1.55 bits per heavy atom. The Bertz CT molecular complexity index is 84.1. The summed E-state index contributed by atoms with van der Waals surface area (Å²) in [5.41, 5.74) is 0. The van der Waals surface area contributed by atoms with Gasteiger partial charge in [0.15, 0.2) is 0 Å². The molecule has 0 aromatic rings. The van der Waals surface area contributed by atoms with E-state index in [0.717, 1.165) is 25.3 Å². The van der Waals surface area contributed by atoms with Crippen molar-refractivity contribution in [1.82, 2.24) is 0 Å². The third kappa shape index (κ3) is 3.36. The van der Waals surface area contributed by atoms with Gasteiger partial charge in [0.25, 0.3) is 0 Å². The predicted octanol–water partition coefficient (Wildman–Crippen LogP) is 2.36. The molecule has 0 spiro atoms. The van der Waals surface area contributed by atoms with Gasteiger partial charge in [-0.15, -0.1) is 0 Å². The molecule has 11 heavy (non-hydrogen) atoms. The van der Waals surface area contributed by atoms with Gasteiger partial charge in [-0.05, 0) is 25.9 Å². The maximum Gasteiger partial charge on any atom is 0.337 e. The topological polar surface area (TPSA) is 18.5 Å². The highest BCUT2D eigenvalue weighted by molar-refractivity contribution is 6.67. The van der Waals surface area contributed by atoms with Gasteiger partial charge in [0.1, 0.15) is 0 Å². The molecule has 0 aromatic carbocycles. The van der Waals surface area contributed by atoms with Gasteiger partial charge in [-0.1, -0.05) is 13.8 Å². The smallest absolute Gasteiger partial charge is 0.337 e. The summed E-state index contributed by atoms with van der Waals surface area (Å²) >= 11 is 0. The molecule has 0 aromatic heterocycles. The molecule has 2 nitrogen and oxygen atoms in total. The van der Waals surface area contributed by atoms with Gasteiger partial charge in [-0.25, -0.2) is 0 Å². The van der Waals surface area contributed by atoms with Gasteiger partial charge in [0.2, 0.25) is 0 Å². The molecule has 0 atom stereocenters. The predicted molar refractivity (Wildman–Crippen MR) is 49.7 cm³/mol. The van der Waals surface area contributed by atoms with Crippen LogP contribution in [0.15, 0.2) is 0 Å². The van der Waals surface area contributed by atoms with E-state index in [1.54, 1.807) is 0 Å². The Kier molecular flexibility index (Phi) is 5.82. The van der Waals surface area contributed by atoms with Crippen LogP contribution in [-0.4, -0.2) is 21.8 Å². The molecule has 0 aliphatic rings. The Balaban J connectivity index is 3.96. The van der Waals surface area contributed by atoms with E-state index in [1.165, 1.54) is 0 Å². The van der Waals surface area contributed by atoms with Crippen LogP contribution in [-0.2, 0) is 8.85 Å². The molecule has 0 fully saturated rings. The van der Waals surface area contributed by atoms with Crippen LogP contribution in [0.4, 0.5) is 0 Å². The first-order valence-electron chi connectivity index (χ1n) is 4.31. The lowest BCUT2D eigenvalue weighted by Gasteiger charge is -2.27. The lowest BCUT2D eigenvalue weighted by molar-refractivity contribution is 0.186. The molecule has 3 heteroatoms. The largest absolute Gasteiger partial charge is 0.394 e. The van der Waals surface area contributed by atoms with Gasteiger partial charge < -0.3 is 8.85 Å². The Morgan fingerprint density at radius 1 is 1.09 bits per heavy atom. The molecule has 0 aliphatic heterocycles. The molecular formula is C8H19O2Si. The fraction of sp³-hybridized carbons (Fsp3) is 0.875. The Labute approximate surface area is 71.1 Å². The number of hydrogen-bond acceptors (Lipinski definition) is 2.